The van der Waals surface area contributed by atoms with E-state index >= 15 is 0 Å². The maximum absolute atomic E-state index is 12.5. The van der Waals surface area contributed by atoms with Gasteiger partial charge in [0.2, 0.25) is 5.91 Å². The molecule has 3 nitrogen and oxygen atoms in total. The highest BCUT2D eigenvalue weighted by atomic mass is 16.2. The molecule has 0 aromatic rings. The number of fused-ring (bicyclic) bond motifs is 1. The van der Waals surface area contributed by atoms with Gasteiger partial charge in [0.1, 0.15) is 0 Å². The highest BCUT2D eigenvalue weighted by molar-refractivity contribution is 5.86. The van der Waals surface area contributed by atoms with E-state index in [-0.39, 0.29) is 11.4 Å². The standard InChI is InChI=1S/C22H42N2O/c1-4-5-6-7-8-9-10-11-12-15-18-24-20-17-14-13-16-19(20)23-21(25)22(24,2)3/h19-20H,4-18H2,1-3H3,(H,23,25)/t19-,20-/m0/s1. The molecule has 25 heavy (non-hydrogen) atoms. The summed E-state index contributed by atoms with van der Waals surface area (Å²) >= 11 is 0. The first-order chi connectivity index (χ1) is 12.1. The smallest absolute Gasteiger partial charge is 0.240 e. The van der Waals surface area contributed by atoms with E-state index in [1.54, 1.807) is 0 Å². The molecule has 2 aliphatic rings. The molecule has 1 N–H and O–H groups in total. The molecule has 1 saturated heterocycles. The minimum absolute atomic E-state index is 0.239. The Bertz CT molecular complexity index is 393. The molecule has 0 unspecified atom stereocenters. The fraction of sp³-hybridized carbons (Fsp3) is 0.955. The van der Waals surface area contributed by atoms with Gasteiger partial charge in [-0.15, -0.1) is 0 Å². The Morgan fingerprint density at radius 1 is 0.920 bits per heavy atom. The molecule has 3 heteroatoms. The van der Waals surface area contributed by atoms with Crippen molar-refractivity contribution < 1.29 is 4.79 Å². The van der Waals surface area contributed by atoms with Crippen LogP contribution in [-0.4, -0.2) is 35.0 Å². The number of carbonyl (C=O) groups excluding carboxylic acids is 1. The van der Waals surface area contributed by atoms with Crippen LogP contribution in [0.1, 0.15) is 111 Å². The van der Waals surface area contributed by atoms with Gasteiger partial charge in [-0.2, -0.15) is 0 Å². The van der Waals surface area contributed by atoms with Crippen LogP contribution < -0.4 is 5.32 Å². The Labute approximate surface area is 156 Å². The van der Waals surface area contributed by atoms with Gasteiger partial charge in [0.15, 0.2) is 0 Å². The number of amides is 1. The lowest BCUT2D eigenvalue weighted by atomic mass is 9.82. The van der Waals surface area contributed by atoms with Crippen LogP contribution >= 0.6 is 0 Å². The maximum atomic E-state index is 12.5. The predicted octanol–water partition coefficient (Wildman–Crippen LogP) is 5.43. The van der Waals surface area contributed by atoms with Crippen LogP contribution in [0, 0.1) is 0 Å². The fourth-order valence-electron chi connectivity index (χ4n) is 4.76. The Balaban J connectivity index is 1.65. The van der Waals surface area contributed by atoms with E-state index in [4.69, 9.17) is 0 Å². The van der Waals surface area contributed by atoms with Crippen LogP contribution in [0.2, 0.25) is 0 Å². The topological polar surface area (TPSA) is 32.3 Å². The number of carbonyl (C=O) groups is 1. The van der Waals surface area contributed by atoms with Crippen molar-refractivity contribution in [3.8, 4) is 0 Å². The van der Waals surface area contributed by atoms with Gasteiger partial charge in [-0.05, 0) is 39.7 Å². The van der Waals surface area contributed by atoms with Crippen molar-refractivity contribution in [1.29, 1.82) is 0 Å². The lowest BCUT2D eigenvalue weighted by molar-refractivity contribution is -0.142. The highest BCUT2D eigenvalue weighted by Gasteiger charge is 2.47. The SMILES string of the molecule is CCCCCCCCCCCCN1[C@H]2CCCC[C@@H]2NC(=O)C1(C)C. The van der Waals surface area contributed by atoms with E-state index in [9.17, 15) is 4.79 Å². The maximum Gasteiger partial charge on any atom is 0.240 e. The predicted molar refractivity (Wildman–Crippen MR) is 107 cm³/mol. The molecule has 1 amide bonds. The molecule has 1 heterocycles. The second kappa shape index (κ2) is 10.5. The third-order valence-electron chi connectivity index (χ3n) is 6.47. The van der Waals surface area contributed by atoms with Gasteiger partial charge in [0.05, 0.1) is 5.54 Å². The van der Waals surface area contributed by atoms with Gasteiger partial charge < -0.3 is 5.32 Å². The summed E-state index contributed by atoms with van der Waals surface area (Å²) in [6.45, 7) is 7.60. The van der Waals surface area contributed by atoms with Gasteiger partial charge >= 0.3 is 0 Å². The van der Waals surface area contributed by atoms with Crippen LogP contribution in [0.5, 0.6) is 0 Å². The van der Waals surface area contributed by atoms with E-state index in [2.05, 4.69) is 31.0 Å². The zero-order valence-corrected chi connectivity index (χ0v) is 17.1. The molecule has 1 aliphatic heterocycles. The fourth-order valence-corrected chi connectivity index (χ4v) is 4.76. The molecular formula is C22H42N2O. The quantitative estimate of drug-likeness (QED) is 0.504. The molecule has 1 aliphatic carbocycles. The van der Waals surface area contributed by atoms with E-state index in [1.807, 2.05) is 0 Å². The molecule has 0 aromatic heterocycles. The zero-order chi connectivity index (χ0) is 18.1. The number of nitrogens with one attached hydrogen (secondary N) is 1. The monoisotopic (exact) mass is 350 g/mol. The number of nitrogens with zero attached hydrogens (tertiary/aromatic N) is 1. The van der Waals surface area contributed by atoms with Crippen molar-refractivity contribution in [2.75, 3.05) is 6.54 Å². The first-order valence-electron chi connectivity index (χ1n) is 11.1. The van der Waals surface area contributed by atoms with Gasteiger partial charge in [0, 0.05) is 12.1 Å². The van der Waals surface area contributed by atoms with Crippen molar-refractivity contribution in [1.82, 2.24) is 10.2 Å². The Hall–Kier alpha value is -0.570. The molecule has 2 fully saturated rings. The average Bonchev–Trinajstić information content (AvgIpc) is 2.59. The number of rotatable bonds is 11. The summed E-state index contributed by atoms with van der Waals surface area (Å²) in [6, 6.07) is 0.970. The highest BCUT2D eigenvalue weighted by Crippen LogP contribution is 2.33. The number of piperazine rings is 1. The lowest BCUT2D eigenvalue weighted by Crippen LogP contribution is -2.70. The minimum atomic E-state index is -0.336. The van der Waals surface area contributed by atoms with Crippen molar-refractivity contribution in [3.05, 3.63) is 0 Å². The lowest BCUT2D eigenvalue weighted by Gasteiger charge is -2.52. The third kappa shape index (κ3) is 5.98. The van der Waals surface area contributed by atoms with Crippen LogP contribution in [0.15, 0.2) is 0 Å². The summed E-state index contributed by atoms with van der Waals surface area (Å²) in [5.74, 6) is 0.239. The van der Waals surface area contributed by atoms with Crippen molar-refractivity contribution >= 4 is 5.91 Å². The Kier molecular flexibility index (Phi) is 8.75. The molecule has 0 aromatic carbocycles. The summed E-state index contributed by atoms with van der Waals surface area (Å²) in [5, 5.41) is 3.30. The number of hydrogen-bond acceptors (Lipinski definition) is 2. The summed E-state index contributed by atoms with van der Waals surface area (Å²) in [4.78, 5) is 15.1. The van der Waals surface area contributed by atoms with Gasteiger partial charge in [-0.25, -0.2) is 0 Å². The molecule has 0 radical (unpaired) electrons. The van der Waals surface area contributed by atoms with E-state index < -0.39 is 0 Å². The second-order valence-corrected chi connectivity index (χ2v) is 8.87. The van der Waals surface area contributed by atoms with Gasteiger partial charge in [-0.3, -0.25) is 9.69 Å². The average molecular weight is 351 g/mol. The molecular weight excluding hydrogens is 308 g/mol. The molecule has 0 spiro atoms. The third-order valence-corrected chi connectivity index (χ3v) is 6.47. The van der Waals surface area contributed by atoms with Crippen molar-refractivity contribution in [3.63, 3.8) is 0 Å². The molecule has 2 rings (SSSR count). The van der Waals surface area contributed by atoms with E-state index in [0.717, 1.165) is 6.54 Å². The zero-order valence-electron chi connectivity index (χ0n) is 17.1. The summed E-state index contributed by atoms with van der Waals surface area (Å²) in [7, 11) is 0. The van der Waals surface area contributed by atoms with Crippen LogP contribution in [0.25, 0.3) is 0 Å². The van der Waals surface area contributed by atoms with Gasteiger partial charge in [0.25, 0.3) is 0 Å². The van der Waals surface area contributed by atoms with E-state index in [1.165, 1.54) is 89.9 Å². The normalized spacial score (nSPS) is 26.3. The molecule has 2 atom stereocenters. The number of hydrogen-bond donors (Lipinski definition) is 1. The number of unbranched alkanes of at least 4 members (excludes halogenated alkanes) is 9. The van der Waals surface area contributed by atoms with Crippen molar-refractivity contribution in [2.24, 2.45) is 0 Å². The molecule has 0 bridgehead atoms. The first kappa shape index (κ1) is 20.7. The van der Waals surface area contributed by atoms with Crippen LogP contribution in [0.3, 0.4) is 0 Å². The summed E-state index contributed by atoms with van der Waals surface area (Å²) < 4.78 is 0. The largest absolute Gasteiger partial charge is 0.350 e. The minimum Gasteiger partial charge on any atom is -0.350 e. The molecule has 146 valence electrons. The van der Waals surface area contributed by atoms with E-state index in [0.29, 0.717) is 12.1 Å². The summed E-state index contributed by atoms with van der Waals surface area (Å²) in [6.07, 6.45) is 18.8. The molecule has 1 saturated carbocycles. The summed E-state index contributed by atoms with van der Waals surface area (Å²) in [5.41, 5.74) is -0.336. The van der Waals surface area contributed by atoms with Crippen molar-refractivity contribution in [2.45, 2.75) is 128 Å². The first-order valence-corrected chi connectivity index (χ1v) is 11.1. The van der Waals surface area contributed by atoms with Crippen LogP contribution in [-0.2, 0) is 4.79 Å². The van der Waals surface area contributed by atoms with Crippen LogP contribution in [0.4, 0.5) is 0 Å². The second-order valence-electron chi connectivity index (χ2n) is 8.87. The van der Waals surface area contributed by atoms with Gasteiger partial charge in [-0.1, -0.05) is 77.6 Å². The Morgan fingerprint density at radius 3 is 2.12 bits per heavy atom. The Morgan fingerprint density at radius 2 is 1.48 bits per heavy atom.